The van der Waals surface area contributed by atoms with E-state index < -0.39 is 11.6 Å². The van der Waals surface area contributed by atoms with Crippen molar-refractivity contribution in [1.29, 1.82) is 0 Å². The first-order chi connectivity index (χ1) is 15.1. The Labute approximate surface area is 180 Å². The summed E-state index contributed by atoms with van der Waals surface area (Å²) < 4.78 is 25.0. The third kappa shape index (κ3) is 6.27. The third-order valence-electron chi connectivity index (χ3n) is 4.25. The highest BCUT2D eigenvalue weighted by atomic mass is 19.1. The van der Waals surface area contributed by atoms with E-state index in [-0.39, 0.29) is 18.1 Å². The summed E-state index contributed by atoms with van der Waals surface area (Å²) in [6.07, 6.45) is 2.88. The molecule has 3 rings (SSSR count). The summed E-state index contributed by atoms with van der Waals surface area (Å²) >= 11 is 0. The number of anilines is 1. The van der Waals surface area contributed by atoms with Gasteiger partial charge in [0.05, 0.1) is 12.2 Å². The fourth-order valence-electron chi connectivity index (χ4n) is 2.80. The molecule has 0 saturated heterocycles. The van der Waals surface area contributed by atoms with E-state index in [1.165, 1.54) is 24.3 Å². The van der Waals surface area contributed by atoms with Crippen molar-refractivity contribution in [1.82, 2.24) is 0 Å². The highest BCUT2D eigenvalue weighted by Gasteiger charge is 2.10. The lowest BCUT2D eigenvalue weighted by Crippen LogP contribution is -2.20. The van der Waals surface area contributed by atoms with Gasteiger partial charge in [-0.2, -0.15) is 0 Å². The van der Waals surface area contributed by atoms with Crippen LogP contribution in [0.2, 0.25) is 0 Å². The molecule has 158 valence electrons. The van der Waals surface area contributed by atoms with E-state index in [0.29, 0.717) is 29.4 Å². The van der Waals surface area contributed by atoms with Gasteiger partial charge < -0.3 is 14.8 Å². The molecule has 0 atom stereocenters. The van der Waals surface area contributed by atoms with Gasteiger partial charge in [-0.1, -0.05) is 42.5 Å². The average Bonchev–Trinajstić information content (AvgIpc) is 2.78. The molecule has 0 aliphatic heterocycles. The number of hydrogen-bond donors (Lipinski definition) is 1. The van der Waals surface area contributed by atoms with Crippen LogP contribution in [0.5, 0.6) is 11.5 Å². The summed E-state index contributed by atoms with van der Waals surface area (Å²) in [7, 11) is 0. The zero-order chi connectivity index (χ0) is 22.1. The minimum Gasteiger partial charge on any atom is -0.490 e. The molecule has 0 unspecified atom stereocenters. The van der Waals surface area contributed by atoms with Crippen LogP contribution < -0.4 is 14.8 Å². The van der Waals surface area contributed by atoms with E-state index in [0.717, 1.165) is 0 Å². The lowest BCUT2D eigenvalue weighted by molar-refractivity contribution is -0.118. The Morgan fingerprint density at radius 2 is 1.68 bits per heavy atom. The van der Waals surface area contributed by atoms with Crippen LogP contribution in [0.1, 0.15) is 22.8 Å². The SMILES string of the molecule is CCOc1cc(/C=C/C(=O)c2ccccc2F)ccc1OCC(=O)Nc1ccccc1. The summed E-state index contributed by atoms with van der Waals surface area (Å²) in [4.78, 5) is 24.3. The van der Waals surface area contributed by atoms with E-state index >= 15 is 0 Å². The Balaban J connectivity index is 1.67. The Hall–Kier alpha value is -3.93. The van der Waals surface area contributed by atoms with E-state index in [2.05, 4.69) is 5.32 Å². The van der Waals surface area contributed by atoms with Gasteiger partial charge in [-0.25, -0.2) is 4.39 Å². The van der Waals surface area contributed by atoms with E-state index in [4.69, 9.17) is 9.47 Å². The number of halogens is 1. The minimum atomic E-state index is -0.565. The standard InChI is InChI=1S/C25H22FNO4/c1-2-30-24-16-18(12-14-22(28)20-10-6-7-11-21(20)26)13-15-23(24)31-17-25(29)27-19-8-4-3-5-9-19/h3-16H,2,17H2,1H3,(H,27,29)/b14-12+. The minimum absolute atomic E-state index is 0.00756. The molecule has 0 radical (unpaired) electrons. The molecule has 0 spiro atoms. The number of ketones is 1. The van der Waals surface area contributed by atoms with Crippen LogP contribution in [-0.4, -0.2) is 24.9 Å². The molecule has 0 fully saturated rings. The first-order valence-corrected chi connectivity index (χ1v) is 9.78. The van der Waals surface area contributed by atoms with E-state index in [1.807, 2.05) is 25.1 Å². The van der Waals surface area contributed by atoms with Crippen molar-refractivity contribution in [2.24, 2.45) is 0 Å². The third-order valence-corrected chi connectivity index (χ3v) is 4.25. The van der Waals surface area contributed by atoms with Gasteiger partial charge in [0.25, 0.3) is 5.91 Å². The molecular formula is C25H22FNO4. The number of benzene rings is 3. The molecule has 3 aromatic rings. The molecule has 0 aliphatic carbocycles. The predicted molar refractivity (Wildman–Crippen MR) is 118 cm³/mol. The maximum Gasteiger partial charge on any atom is 0.262 e. The van der Waals surface area contributed by atoms with Gasteiger partial charge in [0.15, 0.2) is 23.9 Å². The van der Waals surface area contributed by atoms with Gasteiger partial charge in [-0.15, -0.1) is 0 Å². The topological polar surface area (TPSA) is 64.6 Å². The van der Waals surface area contributed by atoms with Crippen LogP contribution in [-0.2, 0) is 4.79 Å². The molecule has 0 heterocycles. The van der Waals surface area contributed by atoms with Crippen LogP contribution in [0.15, 0.2) is 78.9 Å². The molecule has 3 aromatic carbocycles. The number of ether oxygens (including phenoxy) is 2. The van der Waals surface area contributed by atoms with Crippen LogP contribution in [0.3, 0.4) is 0 Å². The molecule has 5 nitrogen and oxygen atoms in total. The summed E-state index contributed by atoms with van der Waals surface area (Å²) in [5.74, 6) is -0.454. The van der Waals surface area contributed by atoms with Crippen molar-refractivity contribution < 1.29 is 23.5 Å². The van der Waals surface area contributed by atoms with Crippen molar-refractivity contribution >= 4 is 23.5 Å². The van der Waals surface area contributed by atoms with E-state index in [9.17, 15) is 14.0 Å². The maximum absolute atomic E-state index is 13.7. The molecule has 1 amide bonds. The quantitative estimate of drug-likeness (QED) is 0.385. The smallest absolute Gasteiger partial charge is 0.262 e. The number of carbonyl (C=O) groups is 2. The fourth-order valence-corrected chi connectivity index (χ4v) is 2.80. The number of hydrogen-bond acceptors (Lipinski definition) is 4. The van der Waals surface area contributed by atoms with Crippen molar-refractivity contribution in [3.8, 4) is 11.5 Å². The van der Waals surface area contributed by atoms with Crippen molar-refractivity contribution in [3.63, 3.8) is 0 Å². The van der Waals surface area contributed by atoms with Crippen LogP contribution >= 0.6 is 0 Å². The van der Waals surface area contributed by atoms with Gasteiger partial charge in [-0.3, -0.25) is 9.59 Å². The molecule has 0 aromatic heterocycles. The maximum atomic E-state index is 13.7. The van der Waals surface area contributed by atoms with Crippen LogP contribution in [0.25, 0.3) is 6.08 Å². The number of allylic oxidation sites excluding steroid dienone is 1. The van der Waals surface area contributed by atoms with Crippen molar-refractivity contribution in [3.05, 3.63) is 95.8 Å². The van der Waals surface area contributed by atoms with Crippen molar-refractivity contribution in [2.75, 3.05) is 18.5 Å². The Morgan fingerprint density at radius 3 is 2.42 bits per heavy atom. The van der Waals surface area contributed by atoms with Crippen LogP contribution in [0.4, 0.5) is 10.1 Å². The largest absolute Gasteiger partial charge is 0.490 e. The molecular weight excluding hydrogens is 397 g/mol. The summed E-state index contributed by atoms with van der Waals surface area (Å²) in [6.45, 7) is 2.04. The normalized spacial score (nSPS) is 10.6. The highest BCUT2D eigenvalue weighted by molar-refractivity contribution is 6.07. The Kier molecular flexibility index (Phi) is 7.54. The Bertz CT molecular complexity index is 1080. The molecule has 31 heavy (non-hydrogen) atoms. The monoisotopic (exact) mass is 419 g/mol. The zero-order valence-electron chi connectivity index (χ0n) is 17.0. The van der Waals surface area contributed by atoms with E-state index in [1.54, 1.807) is 42.5 Å². The number of amides is 1. The first-order valence-electron chi connectivity index (χ1n) is 9.78. The zero-order valence-corrected chi connectivity index (χ0v) is 17.0. The van der Waals surface area contributed by atoms with Crippen LogP contribution in [0, 0.1) is 5.82 Å². The fraction of sp³-hybridized carbons (Fsp3) is 0.120. The number of nitrogens with one attached hydrogen (secondary N) is 1. The average molecular weight is 419 g/mol. The van der Waals surface area contributed by atoms with Gasteiger partial charge in [-0.05, 0) is 55.0 Å². The van der Waals surface area contributed by atoms with Gasteiger partial charge in [0.2, 0.25) is 0 Å². The first kappa shape index (κ1) is 21.8. The lowest BCUT2D eigenvalue weighted by Gasteiger charge is -2.12. The predicted octanol–water partition coefficient (Wildman–Crippen LogP) is 5.14. The molecule has 0 saturated carbocycles. The van der Waals surface area contributed by atoms with Gasteiger partial charge in [0.1, 0.15) is 5.82 Å². The molecule has 6 heteroatoms. The second-order valence-electron chi connectivity index (χ2n) is 6.52. The Morgan fingerprint density at radius 1 is 0.935 bits per heavy atom. The van der Waals surface area contributed by atoms with Gasteiger partial charge in [0, 0.05) is 5.69 Å². The number of para-hydroxylation sites is 1. The molecule has 0 aliphatic rings. The second kappa shape index (κ2) is 10.7. The number of rotatable bonds is 9. The summed E-state index contributed by atoms with van der Waals surface area (Å²) in [6, 6.07) is 20.0. The summed E-state index contributed by atoms with van der Waals surface area (Å²) in [5.41, 5.74) is 1.36. The van der Waals surface area contributed by atoms with Gasteiger partial charge >= 0.3 is 0 Å². The highest BCUT2D eigenvalue weighted by Crippen LogP contribution is 2.29. The number of carbonyl (C=O) groups excluding carboxylic acids is 2. The molecule has 1 N–H and O–H groups in total. The molecule has 0 bridgehead atoms. The second-order valence-corrected chi connectivity index (χ2v) is 6.52. The summed E-state index contributed by atoms with van der Waals surface area (Å²) in [5, 5.41) is 2.74. The van der Waals surface area contributed by atoms with Crippen molar-refractivity contribution in [2.45, 2.75) is 6.92 Å². The lowest BCUT2D eigenvalue weighted by atomic mass is 10.1.